The van der Waals surface area contributed by atoms with E-state index in [-0.39, 0.29) is 11.9 Å². The van der Waals surface area contributed by atoms with E-state index in [4.69, 9.17) is 0 Å². The van der Waals surface area contributed by atoms with Gasteiger partial charge in [-0.2, -0.15) is 0 Å². The number of hydrogen-bond acceptors (Lipinski definition) is 2. The van der Waals surface area contributed by atoms with Gasteiger partial charge < -0.3 is 9.80 Å². The van der Waals surface area contributed by atoms with Crippen molar-refractivity contribution < 1.29 is 4.79 Å². The van der Waals surface area contributed by atoms with Gasteiger partial charge in [0.1, 0.15) is 6.04 Å². The third-order valence-electron chi connectivity index (χ3n) is 5.12. The molecule has 0 saturated heterocycles. The maximum absolute atomic E-state index is 13.1. The molecule has 3 heteroatoms. The quantitative estimate of drug-likeness (QED) is 0.849. The first-order valence-electron chi connectivity index (χ1n) is 8.49. The Labute approximate surface area is 137 Å². The first kappa shape index (κ1) is 14.3. The topological polar surface area (TPSA) is 23.6 Å². The predicted octanol–water partition coefficient (Wildman–Crippen LogP) is 3.42. The second kappa shape index (κ2) is 5.73. The highest BCUT2D eigenvalue weighted by Crippen LogP contribution is 2.32. The summed E-state index contributed by atoms with van der Waals surface area (Å²) in [5, 5.41) is 0. The molecular weight excluding hydrogens is 284 g/mol. The Hall–Kier alpha value is -2.29. The minimum absolute atomic E-state index is 0.123. The van der Waals surface area contributed by atoms with Crippen molar-refractivity contribution in [2.24, 2.45) is 0 Å². The lowest BCUT2D eigenvalue weighted by atomic mass is 10.00. The standard InChI is InChI=1S/C20H22N2O/c1-15(21-13-6-9-16-7-2-4-10-18(16)21)20(23)22-14-12-17-8-3-5-11-19(17)22/h2-5,7-8,10-11,15H,6,9,12-14H2,1H3/t15-/m0/s1. The number of fused-ring (bicyclic) bond motifs is 2. The molecule has 0 bridgehead atoms. The molecule has 2 aromatic rings. The highest BCUT2D eigenvalue weighted by Gasteiger charge is 2.32. The second-order valence-electron chi connectivity index (χ2n) is 6.47. The summed E-state index contributed by atoms with van der Waals surface area (Å²) >= 11 is 0. The number of hydrogen-bond donors (Lipinski definition) is 0. The van der Waals surface area contributed by atoms with Crippen LogP contribution in [0.2, 0.25) is 0 Å². The highest BCUT2D eigenvalue weighted by molar-refractivity contribution is 6.00. The molecule has 0 N–H and O–H groups in total. The van der Waals surface area contributed by atoms with Gasteiger partial charge in [0.05, 0.1) is 0 Å². The normalized spacial score (nSPS) is 17.6. The maximum atomic E-state index is 13.1. The number of carbonyl (C=O) groups is 1. The third-order valence-corrected chi connectivity index (χ3v) is 5.12. The number of aryl methyl sites for hydroxylation is 1. The molecule has 4 rings (SSSR count). The number of benzene rings is 2. The molecule has 2 heterocycles. The summed E-state index contributed by atoms with van der Waals surface area (Å²) in [5.41, 5.74) is 4.97. The molecule has 0 spiro atoms. The van der Waals surface area contributed by atoms with E-state index in [1.807, 2.05) is 17.9 Å². The predicted molar refractivity (Wildman–Crippen MR) is 94.1 cm³/mol. The van der Waals surface area contributed by atoms with Crippen LogP contribution in [-0.2, 0) is 17.6 Å². The lowest BCUT2D eigenvalue weighted by Gasteiger charge is -2.37. The Morgan fingerprint density at radius 2 is 1.57 bits per heavy atom. The molecule has 1 atom stereocenters. The van der Waals surface area contributed by atoms with Gasteiger partial charge in [-0.3, -0.25) is 4.79 Å². The van der Waals surface area contributed by atoms with E-state index in [2.05, 4.69) is 47.4 Å². The number of amides is 1. The van der Waals surface area contributed by atoms with Gasteiger partial charge in [0.2, 0.25) is 5.91 Å². The van der Waals surface area contributed by atoms with Crippen LogP contribution in [0.3, 0.4) is 0 Å². The molecular formula is C20H22N2O. The van der Waals surface area contributed by atoms with E-state index in [1.165, 1.54) is 16.8 Å². The number of nitrogens with zero attached hydrogens (tertiary/aromatic N) is 2. The first-order valence-corrected chi connectivity index (χ1v) is 8.49. The minimum Gasteiger partial charge on any atom is -0.360 e. The van der Waals surface area contributed by atoms with Crippen molar-refractivity contribution in [3.8, 4) is 0 Å². The molecule has 0 aromatic heterocycles. The lowest BCUT2D eigenvalue weighted by Crippen LogP contribution is -2.48. The summed E-state index contributed by atoms with van der Waals surface area (Å²) < 4.78 is 0. The van der Waals surface area contributed by atoms with E-state index in [9.17, 15) is 4.79 Å². The van der Waals surface area contributed by atoms with Crippen molar-refractivity contribution in [3.63, 3.8) is 0 Å². The summed E-state index contributed by atoms with van der Waals surface area (Å²) in [5.74, 6) is 0.214. The molecule has 0 radical (unpaired) electrons. The van der Waals surface area contributed by atoms with Crippen LogP contribution in [0.5, 0.6) is 0 Å². The monoisotopic (exact) mass is 306 g/mol. The SMILES string of the molecule is C[C@@H](C(=O)N1CCc2ccccc21)N1CCCc2ccccc21. The second-order valence-corrected chi connectivity index (χ2v) is 6.47. The molecule has 23 heavy (non-hydrogen) atoms. The Kier molecular flexibility index (Phi) is 3.56. The van der Waals surface area contributed by atoms with Crippen molar-refractivity contribution in [1.29, 1.82) is 0 Å². The van der Waals surface area contributed by atoms with Gasteiger partial charge in [0, 0.05) is 24.5 Å². The molecule has 2 aliphatic rings. The molecule has 118 valence electrons. The number of rotatable bonds is 2. The summed E-state index contributed by atoms with van der Waals surface area (Å²) in [4.78, 5) is 17.4. The molecule has 0 saturated carbocycles. The van der Waals surface area contributed by atoms with Gasteiger partial charge >= 0.3 is 0 Å². The molecule has 2 aliphatic heterocycles. The van der Waals surface area contributed by atoms with Crippen molar-refractivity contribution in [3.05, 3.63) is 59.7 Å². The number of carbonyl (C=O) groups excluding carboxylic acids is 1. The van der Waals surface area contributed by atoms with Crippen LogP contribution in [0.25, 0.3) is 0 Å². The van der Waals surface area contributed by atoms with Gasteiger partial charge in [-0.1, -0.05) is 36.4 Å². The van der Waals surface area contributed by atoms with Crippen LogP contribution < -0.4 is 9.80 Å². The van der Waals surface area contributed by atoms with Crippen LogP contribution in [0.1, 0.15) is 24.5 Å². The molecule has 3 nitrogen and oxygen atoms in total. The molecule has 0 aliphatic carbocycles. The Balaban J connectivity index is 1.61. The fourth-order valence-electron chi connectivity index (χ4n) is 3.89. The van der Waals surface area contributed by atoms with Crippen LogP contribution in [0, 0.1) is 0 Å². The Bertz CT molecular complexity index is 740. The van der Waals surface area contributed by atoms with Crippen molar-refractivity contribution in [2.45, 2.75) is 32.2 Å². The highest BCUT2D eigenvalue weighted by atomic mass is 16.2. The smallest absolute Gasteiger partial charge is 0.249 e. The third kappa shape index (κ3) is 2.40. The zero-order chi connectivity index (χ0) is 15.8. The Morgan fingerprint density at radius 3 is 2.35 bits per heavy atom. The van der Waals surface area contributed by atoms with E-state index >= 15 is 0 Å². The fourth-order valence-corrected chi connectivity index (χ4v) is 3.89. The maximum Gasteiger partial charge on any atom is 0.249 e. The summed E-state index contributed by atoms with van der Waals surface area (Å²) in [7, 11) is 0. The lowest BCUT2D eigenvalue weighted by molar-refractivity contribution is -0.119. The average molecular weight is 306 g/mol. The molecule has 0 unspecified atom stereocenters. The van der Waals surface area contributed by atoms with Crippen LogP contribution in [0.4, 0.5) is 11.4 Å². The molecule has 0 fully saturated rings. The van der Waals surface area contributed by atoms with Gasteiger partial charge in [-0.25, -0.2) is 0 Å². The van der Waals surface area contributed by atoms with Crippen molar-refractivity contribution in [2.75, 3.05) is 22.9 Å². The largest absolute Gasteiger partial charge is 0.360 e. The van der Waals surface area contributed by atoms with E-state index in [0.29, 0.717) is 0 Å². The summed E-state index contributed by atoms with van der Waals surface area (Å²) in [6.45, 7) is 3.81. The zero-order valence-corrected chi connectivity index (χ0v) is 13.5. The minimum atomic E-state index is -0.123. The zero-order valence-electron chi connectivity index (χ0n) is 13.5. The molecule has 2 aromatic carbocycles. The summed E-state index contributed by atoms with van der Waals surface area (Å²) in [6.07, 6.45) is 3.19. The van der Waals surface area contributed by atoms with Crippen LogP contribution in [-0.4, -0.2) is 25.0 Å². The summed E-state index contributed by atoms with van der Waals surface area (Å²) in [6, 6.07) is 16.6. The Morgan fingerprint density at radius 1 is 0.913 bits per heavy atom. The van der Waals surface area contributed by atoms with E-state index < -0.39 is 0 Å². The molecule has 1 amide bonds. The number of anilines is 2. The van der Waals surface area contributed by atoms with Gasteiger partial charge in [0.25, 0.3) is 0 Å². The van der Waals surface area contributed by atoms with Gasteiger partial charge in [0.15, 0.2) is 0 Å². The number of para-hydroxylation sites is 2. The van der Waals surface area contributed by atoms with Gasteiger partial charge in [-0.05, 0) is 49.4 Å². The first-order chi connectivity index (χ1) is 11.3. The van der Waals surface area contributed by atoms with E-state index in [1.54, 1.807) is 0 Å². The average Bonchev–Trinajstić information content (AvgIpc) is 3.04. The van der Waals surface area contributed by atoms with Crippen LogP contribution >= 0.6 is 0 Å². The fraction of sp³-hybridized carbons (Fsp3) is 0.350. The van der Waals surface area contributed by atoms with Crippen molar-refractivity contribution in [1.82, 2.24) is 0 Å². The van der Waals surface area contributed by atoms with Gasteiger partial charge in [-0.15, -0.1) is 0 Å². The van der Waals surface area contributed by atoms with E-state index in [0.717, 1.165) is 38.0 Å². The van der Waals surface area contributed by atoms with Crippen LogP contribution in [0.15, 0.2) is 48.5 Å². The van der Waals surface area contributed by atoms with Crippen molar-refractivity contribution >= 4 is 17.3 Å².